The molecule has 0 atom stereocenters. The summed E-state index contributed by atoms with van der Waals surface area (Å²) in [5.74, 6) is 0.0528. The zero-order valence-electron chi connectivity index (χ0n) is 14.0. The molecule has 23 heavy (non-hydrogen) atoms. The highest BCUT2D eigenvalue weighted by atomic mass is 32.1. The summed E-state index contributed by atoms with van der Waals surface area (Å²) in [7, 11) is 1.84. The van der Waals surface area contributed by atoms with Crippen molar-refractivity contribution in [2.24, 2.45) is 0 Å². The molecule has 3 rings (SSSR count). The van der Waals surface area contributed by atoms with Gasteiger partial charge in [-0.25, -0.2) is 4.98 Å². The Balaban J connectivity index is 1.82. The summed E-state index contributed by atoms with van der Waals surface area (Å²) >= 11 is 1.65. The number of aryl methyl sites for hydroxylation is 1. The summed E-state index contributed by atoms with van der Waals surface area (Å²) in [5, 5.41) is 0.964. The molecule has 2 heterocycles. The van der Waals surface area contributed by atoms with E-state index in [0.717, 1.165) is 38.7 Å². The van der Waals surface area contributed by atoms with Crippen molar-refractivity contribution >= 4 is 27.5 Å². The van der Waals surface area contributed by atoms with E-state index < -0.39 is 0 Å². The number of nitrogens with zero attached hydrogens (tertiary/aromatic N) is 3. The number of benzene rings is 1. The van der Waals surface area contributed by atoms with Gasteiger partial charge in [0.2, 0.25) is 0 Å². The number of hydrogen-bond acceptors (Lipinski definition) is 3. The van der Waals surface area contributed by atoms with Crippen LogP contribution < -0.4 is 0 Å². The summed E-state index contributed by atoms with van der Waals surface area (Å²) in [4.78, 5) is 19.1. The van der Waals surface area contributed by atoms with E-state index in [2.05, 4.69) is 22.5 Å². The number of hydrogen-bond donors (Lipinski definition) is 0. The molecule has 0 radical (unpaired) electrons. The summed E-state index contributed by atoms with van der Waals surface area (Å²) in [5.41, 5.74) is 3.94. The van der Waals surface area contributed by atoms with Gasteiger partial charge in [0, 0.05) is 25.0 Å². The van der Waals surface area contributed by atoms with Gasteiger partial charge in [0.25, 0.3) is 5.91 Å². The Hall–Kier alpha value is -2.14. The largest absolute Gasteiger partial charge is 0.349 e. The van der Waals surface area contributed by atoms with Crippen molar-refractivity contribution in [2.75, 3.05) is 7.05 Å². The van der Waals surface area contributed by atoms with Gasteiger partial charge >= 0.3 is 0 Å². The van der Waals surface area contributed by atoms with Crippen LogP contribution in [-0.2, 0) is 13.1 Å². The van der Waals surface area contributed by atoms with E-state index >= 15 is 0 Å². The van der Waals surface area contributed by atoms with Gasteiger partial charge in [0.15, 0.2) is 0 Å². The van der Waals surface area contributed by atoms with Crippen LogP contribution in [-0.4, -0.2) is 27.4 Å². The van der Waals surface area contributed by atoms with Gasteiger partial charge in [-0.05, 0) is 39.0 Å². The number of carbonyl (C=O) groups is 1. The third-order valence-corrected chi connectivity index (χ3v) is 5.20. The number of aromatic nitrogens is 2. The quantitative estimate of drug-likeness (QED) is 0.726. The van der Waals surface area contributed by atoms with Gasteiger partial charge in [-0.2, -0.15) is 0 Å². The lowest BCUT2D eigenvalue weighted by molar-refractivity contribution is 0.0784. The predicted molar refractivity (Wildman–Crippen MR) is 95.0 cm³/mol. The van der Waals surface area contributed by atoms with Gasteiger partial charge in [-0.1, -0.05) is 12.1 Å². The number of fused-ring (bicyclic) bond motifs is 1. The van der Waals surface area contributed by atoms with E-state index in [1.54, 1.807) is 16.2 Å². The van der Waals surface area contributed by atoms with E-state index in [-0.39, 0.29) is 5.91 Å². The maximum atomic E-state index is 12.8. The first-order valence-corrected chi connectivity index (χ1v) is 8.59. The van der Waals surface area contributed by atoms with Crippen LogP contribution >= 0.6 is 11.3 Å². The first-order valence-electron chi connectivity index (χ1n) is 7.78. The first kappa shape index (κ1) is 15.7. The molecule has 0 fully saturated rings. The standard InChI is InChI=1S/C18H21N3OS/c1-5-21-12(2)10-14(13(21)3)18(22)20(4)11-17-19-15-8-6-7-9-16(15)23-17/h6-10H,5,11H2,1-4H3. The van der Waals surface area contributed by atoms with E-state index in [4.69, 9.17) is 0 Å². The second-order valence-electron chi connectivity index (χ2n) is 5.77. The molecule has 0 aliphatic carbocycles. The van der Waals surface area contributed by atoms with Gasteiger partial charge in [-0.3, -0.25) is 4.79 Å². The Morgan fingerprint density at radius 2 is 2.04 bits per heavy atom. The second kappa shape index (κ2) is 6.16. The number of thiazole rings is 1. The Labute approximate surface area is 140 Å². The SMILES string of the molecule is CCn1c(C)cc(C(=O)N(C)Cc2nc3ccccc3s2)c1C. The molecule has 2 aromatic heterocycles. The average Bonchev–Trinajstić information content (AvgIpc) is 3.06. The first-order chi connectivity index (χ1) is 11.0. The van der Waals surface area contributed by atoms with Crippen LogP contribution in [0.4, 0.5) is 0 Å². The molecule has 120 valence electrons. The van der Waals surface area contributed by atoms with Gasteiger partial charge < -0.3 is 9.47 Å². The van der Waals surface area contributed by atoms with Crippen LogP contribution in [0.3, 0.4) is 0 Å². The molecule has 0 N–H and O–H groups in total. The molecule has 3 aromatic rings. The normalized spacial score (nSPS) is 11.1. The fourth-order valence-electron chi connectivity index (χ4n) is 2.97. The summed E-state index contributed by atoms with van der Waals surface area (Å²) < 4.78 is 3.33. The number of para-hydroxylation sites is 1. The topological polar surface area (TPSA) is 38.1 Å². The van der Waals surface area contributed by atoms with Gasteiger partial charge in [-0.15, -0.1) is 11.3 Å². The fourth-order valence-corrected chi connectivity index (χ4v) is 3.99. The van der Waals surface area contributed by atoms with Crippen molar-refractivity contribution in [1.29, 1.82) is 0 Å². The van der Waals surface area contributed by atoms with Crippen LogP contribution in [0.15, 0.2) is 30.3 Å². The fraction of sp³-hybridized carbons (Fsp3) is 0.333. The molecular formula is C18H21N3OS. The molecule has 4 nitrogen and oxygen atoms in total. The Morgan fingerprint density at radius 1 is 1.30 bits per heavy atom. The second-order valence-corrected chi connectivity index (χ2v) is 6.88. The molecule has 0 saturated carbocycles. The van der Waals surface area contributed by atoms with Crippen molar-refractivity contribution in [3.05, 3.63) is 52.3 Å². The monoisotopic (exact) mass is 327 g/mol. The maximum absolute atomic E-state index is 12.8. The molecule has 0 saturated heterocycles. The maximum Gasteiger partial charge on any atom is 0.255 e. The summed E-state index contributed by atoms with van der Waals surface area (Å²) in [6.45, 7) is 7.57. The van der Waals surface area contributed by atoms with Crippen molar-refractivity contribution in [3.63, 3.8) is 0 Å². The lowest BCUT2D eigenvalue weighted by atomic mass is 10.2. The van der Waals surface area contributed by atoms with Crippen LogP contribution in [0, 0.1) is 13.8 Å². The van der Waals surface area contributed by atoms with Crippen molar-refractivity contribution < 1.29 is 4.79 Å². The molecule has 1 amide bonds. The Bertz CT molecular complexity index is 829. The molecule has 0 aliphatic rings. The van der Waals surface area contributed by atoms with Crippen LogP contribution in [0.5, 0.6) is 0 Å². The number of carbonyl (C=O) groups excluding carboxylic acids is 1. The molecule has 0 bridgehead atoms. The zero-order valence-corrected chi connectivity index (χ0v) is 14.8. The molecular weight excluding hydrogens is 306 g/mol. The highest BCUT2D eigenvalue weighted by Gasteiger charge is 2.19. The lowest BCUT2D eigenvalue weighted by Crippen LogP contribution is -2.26. The van der Waals surface area contributed by atoms with Crippen molar-refractivity contribution in [1.82, 2.24) is 14.5 Å². The minimum absolute atomic E-state index is 0.0528. The van der Waals surface area contributed by atoms with E-state index in [0.29, 0.717) is 6.54 Å². The molecule has 1 aromatic carbocycles. The van der Waals surface area contributed by atoms with Crippen molar-refractivity contribution in [3.8, 4) is 0 Å². The lowest BCUT2D eigenvalue weighted by Gasteiger charge is -2.15. The molecule has 5 heteroatoms. The predicted octanol–water partition coefficient (Wildman–Crippen LogP) is 4.01. The van der Waals surface area contributed by atoms with Gasteiger partial charge in [0.1, 0.15) is 5.01 Å². The highest BCUT2D eigenvalue weighted by Crippen LogP contribution is 2.23. The third-order valence-electron chi connectivity index (χ3n) is 4.18. The zero-order chi connectivity index (χ0) is 16.6. The van der Waals surface area contributed by atoms with E-state index in [1.807, 2.05) is 45.2 Å². The molecule has 0 aliphatic heterocycles. The van der Waals surface area contributed by atoms with Gasteiger partial charge in [0.05, 0.1) is 22.3 Å². The minimum atomic E-state index is 0.0528. The highest BCUT2D eigenvalue weighted by molar-refractivity contribution is 7.18. The van der Waals surface area contributed by atoms with E-state index in [9.17, 15) is 4.79 Å². The Morgan fingerprint density at radius 3 is 2.70 bits per heavy atom. The average molecular weight is 327 g/mol. The van der Waals surface area contributed by atoms with Crippen LogP contribution in [0.25, 0.3) is 10.2 Å². The van der Waals surface area contributed by atoms with Crippen LogP contribution in [0.1, 0.15) is 33.7 Å². The summed E-state index contributed by atoms with van der Waals surface area (Å²) in [6, 6.07) is 10.0. The Kier molecular flexibility index (Phi) is 4.22. The minimum Gasteiger partial charge on any atom is -0.349 e. The third kappa shape index (κ3) is 2.88. The van der Waals surface area contributed by atoms with Crippen LogP contribution in [0.2, 0.25) is 0 Å². The smallest absolute Gasteiger partial charge is 0.255 e. The number of rotatable bonds is 4. The summed E-state index contributed by atoms with van der Waals surface area (Å²) in [6.07, 6.45) is 0. The molecule has 0 spiro atoms. The molecule has 0 unspecified atom stereocenters. The van der Waals surface area contributed by atoms with E-state index in [1.165, 1.54) is 0 Å². The van der Waals surface area contributed by atoms with Crippen molar-refractivity contribution in [2.45, 2.75) is 33.9 Å². The number of amides is 1.